The van der Waals surface area contributed by atoms with E-state index in [1.165, 1.54) is 0 Å². The molecular formula is C20H19N5O4. The second-order valence-corrected chi connectivity index (χ2v) is 6.89. The molecule has 4 heterocycles. The molecule has 2 aliphatic heterocycles. The summed E-state index contributed by atoms with van der Waals surface area (Å²) in [6, 6.07) is 7.37. The Labute approximate surface area is 166 Å². The largest absolute Gasteiger partial charge is 0.473 e. The number of carbonyl (C=O) groups is 1. The molecule has 0 radical (unpaired) electrons. The third-order valence-corrected chi connectivity index (χ3v) is 5.03. The van der Waals surface area contributed by atoms with Crippen LogP contribution in [0, 0.1) is 0 Å². The summed E-state index contributed by atoms with van der Waals surface area (Å²) in [6.45, 7) is 1.45. The standard InChI is InChI=1S/C20H19N5O4/c26-20(25-7-3-14(4-8-25)29-19-11-21-5-6-22-19)16-10-15(23-24-16)13-1-2-17-18(9-13)28-12-27-17/h1-2,5-6,9-11,14H,3-4,7-8,12H2,(H,23,24). The van der Waals surface area contributed by atoms with E-state index in [-0.39, 0.29) is 18.8 Å². The highest BCUT2D eigenvalue weighted by atomic mass is 16.7. The van der Waals surface area contributed by atoms with Crippen LogP contribution in [0.4, 0.5) is 0 Å². The number of benzene rings is 1. The van der Waals surface area contributed by atoms with Crippen molar-refractivity contribution in [3.63, 3.8) is 0 Å². The van der Waals surface area contributed by atoms with Crippen molar-refractivity contribution in [3.8, 4) is 28.6 Å². The Morgan fingerprint density at radius 1 is 1.14 bits per heavy atom. The molecule has 0 unspecified atom stereocenters. The van der Waals surface area contributed by atoms with Gasteiger partial charge in [-0.2, -0.15) is 5.10 Å². The number of nitrogens with zero attached hydrogens (tertiary/aromatic N) is 4. The minimum absolute atomic E-state index is 0.0294. The first-order valence-electron chi connectivity index (χ1n) is 9.43. The number of amides is 1. The Morgan fingerprint density at radius 2 is 2.00 bits per heavy atom. The Bertz CT molecular complexity index is 1010. The first-order chi connectivity index (χ1) is 14.3. The van der Waals surface area contributed by atoms with Crippen LogP contribution in [0.2, 0.25) is 0 Å². The lowest BCUT2D eigenvalue weighted by molar-refractivity contribution is 0.0581. The molecule has 1 aromatic carbocycles. The maximum Gasteiger partial charge on any atom is 0.271 e. The fourth-order valence-corrected chi connectivity index (χ4v) is 3.50. The summed E-state index contributed by atoms with van der Waals surface area (Å²) in [7, 11) is 0. The lowest BCUT2D eigenvalue weighted by atomic mass is 10.1. The molecule has 0 aliphatic carbocycles. The second kappa shape index (κ2) is 7.42. The molecule has 0 saturated carbocycles. The van der Waals surface area contributed by atoms with Crippen molar-refractivity contribution in [2.75, 3.05) is 19.9 Å². The maximum absolute atomic E-state index is 12.8. The SMILES string of the molecule is O=C(c1cc(-c2ccc3c(c2)OCO3)n[nH]1)N1CCC(Oc2cnccn2)CC1. The molecule has 0 atom stereocenters. The highest BCUT2D eigenvalue weighted by molar-refractivity contribution is 5.93. The van der Waals surface area contributed by atoms with Gasteiger partial charge in [-0.25, -0.2) is 4.98 Å². The quantitative estimate of drug-likeness (QED) is 0.725. The zero-order valence-corrected chi connectivity index (χ0v) is 15.6. The van der Waals surface area contributed by atoms with Gasteiger partial charge in [0.2, 0.25) is 12.7 Å². The summed E-state index contributed by atoms with van der Waals surface area (Å²) in [5.74, 6) is 1.84. The van der Waals surface area contributed by atoms with Crippen LogP contribution in [0.15, 0.2) is 42.9 Å². The number of fused-ring (bicyclic) bond motifs is 1. The van der Waals surface area contributed by atoms with E-state index in [1.807, 2.05) is 23.1 Å². The summed E-state index contributed by atoms with van der Waals surface area (Å²) in [5, 5.41) is 7.15. The minimum Gasteiger partial charge on any atom is -0.473 e. The minimum atomic E-state index is -0.0672. The van der Waals surface area contributed by atoms with Gasteiger partial charge in [-0.15, -0.1) is 0 Å². The highest BCUT2D eigenvalue weighted by Gasteiger charge is 2.26. The van der Waals surface area contributed by atoms with E-state index in [9.17, 15) is 4.79 Å². The molecular weight excluding hydrogens is 374 g/mol. The molecule has 0 spiro atoms. The number of ether oxygens (including phenoxy) is 3. The molecule has 3 aromatic rings. The van der Waals surface area contributed by atoms with Gasteiger partial charge >= 0.3 is 0 Å². The molecule has 0 bridgehead atoms. The van der Waals surface area contributed by atoms with Crippen LogP contribution in [0.3, 0.4) is 0 Å². The van der Waals surface area contributed by atoms with Gasteiger partial charge in [-0.1, -0.05) is 0 Å². The molecule has 148 valence electrons. The smallest absolute Gasteiger partial charge is 0.271 e. The van der Waals surface area contributed by atoms with Crippen LogP contribution >= 0.6 is 0 Å². The summed E-state index contributed by atoms with van der Waals surface area (Å²) in [5.41, 5.74) is 2.01. The Kier molecular flexibility index (Phi) is 4.47. The number of piperidine rings is 1. The van der Waals surface area contributed by atoms with Gasteiger partial charge in [0.25, 0.3) is 5.91 Å². The van der Waals surface area contributed by atoms with Crippen LogP contribution < -0.4 is 14.2 Å². The van der Waals surface area contributed by atoms with Gasteiger partial charge in [0.1, 0.15) is 11.8 Å². The number of carbonyl (C=O) groups excluding carboxylic acids is 1. The van der Waals surface area contributed by atoms with Gasteiger partial charge in [0, 0.05) is 43.9 Å². The number of aromatic nitrogens is 4. The van der Waals surface area contributed by atoms with Crippen LogP contribution in [0.5, 0.6) is 17.4 Å². The zero-order valence-electron chi connectivity index (χ0n) is 15.6. The molecule has 9 heteroatoms. The number of H-pyrrole nitrogens is 1. The van der Waals surface area contributed by atoms with E-state index >= 15 is 0 Å². The normalized spacial score (nSPS) is 16.1. The maximum atomic E-state index is 12.8. The summed E-state index contributed by atoms with van der Waals surface area (Å²) >= 11 is 0. The second-order valence-electron chi connectivity index (χ2n) is 6.89. The van der Waals surface area contributed by atoms with Gasteiger partial charge in [0.15, 0.2) is 11.5 Å². The van der Waals surface area contributed by atoms with Crippen molar-refractivity contribution >= 4 is 5.91 Å². The third-order valence-electron chi connectivity index (χ3n) is 5.03. The average Bonchev–Trinajstić information content (AvgIpc) is 3.44. The van der Waals surface area contributed by atoms with Crippen LogP contribution in [0.25, 0.3) is 11.3 Å². The van der Waals surface area contributed by atoms with Crippen LogP contribution in [0.1, 0.15) is 23.3 Å². The van der Waals surface area contributed by atoms with Crippen LogP contribution in [-0.4, -0.2) is 57.0 Å². The fraction of sp³-hybridized carbons (Fsp3) is 0.300. The van der Waals surface area contributed by atoms with Crippen molar-refractivity contribution in [2.24, 2.45) is 0 Å². The van der Waals surface area contributed by atoms with Crippen LogP contribution in [-0.2, 0) is 0 Å². The van der Waals surface area contributed by atoms with E-state index in [4.69, 9.17) is 14.2 Å². The Morgan fingerprint density at radius 3 is 2.83 bits per heavy atom. The summed E-state index contributed by atoms with van der Waals surface area (Å²) in [4.78, 5) is 22.8. The number of hydrogen-bond acceptors (Lipinski definition) is 7. The van der Waals surface area contributed by atoms with E-state index < -0.39 is 0 Å². The monoisotopic (exact) mass is 393 g/mol. The highest BCUT2D eigenvalue weighted by Crippen LogP contribution is 2.35. The topological polar surface area (TPSA) is 102 Å². The molecule has 2 aliphatic rings. The van der Waals surface area contributed by atoms with E-state index in [0.717, 1.165) is 18.4 Å². The predicted molar refractivity (Wildman–Crippen MR) is 102 cm³/mol. The Hall–Kier alpha value is -3.62. The van der Waals surface area contributed by atoms with Crippen molar-refractivity contribution in [1.82, 2.24) is 25.1 Å². The molecule has 29 heavy (non-hydrogen) atoms. The fourth-order valence-electron chi connectivity index (χ4n) is 3.50. The van der Waals surface area contributed by atoms with Crippen molar-refractivity contribution in [2.45, 2.75) is 18.9 Å². The van der Waals surface area contributed by atoms with E-state index in [1.54, 1.807) is 24.7 Å². The Balaban J connectivity index is 1.22. The van der Waals surface area contributed by atoms with Crippen molar-refractivity contribution < 1.29 is 19.0 Å². The zero-order chi connectivity index (χ0) is 19.6. The average molecular weight is 393 g/mol. The lowest BCUT2D eigenvalue weighted by Gasteiger charge is -2.31. The van der Waals surface area contributed by atoms with Gasteiger partial charge < -0.3 is 19.1 Å². The summed E-state index contributed by atoms with van der Waals surface area (Å²) < 4.78 is 16.6. The lowest BCUT2D eigenvalue weighted by Crippen LogP contribution is -2.42. The third kappa shape index (κ3) is 3.58. The van der Waals surface area contributed by atoms with E-state index in [2.05, 4.69) is 20.2 Å². The molecule has 1 saturated heterocycles. The van der Waals surface area contributed by atoms with E-state index in [0.29, 0.717) is 41.9 Å². The molecule has 9 nitrogen and oxygen atoms in total. The van der Waals surface area contributed by atoms with Gasteiger partial charge in [-0.05, 0) is 24.3 Å². The van der Waals surface area contributed by atoms with Crippen molar-refractivity contribution in [1.29, 1.82) is 0 Å². The van der Waals surface area contributed by atoms with Crippen molar-refractivity contribution in [3.05, 3.63) is 48.5 Å². The predicted octanol–water partition coefficient (Wildman–Crippen LogP) is 2.28. The molecule has 1 fully saturated rings. The molecule has 2 aromatic heterocycles. The number of aromatic amines is 1. The first kappa shape index (κ1) is 17.5. The van der Waals surface area contributed by atoms with Gasteiger partial charge in [-0.3, -0.25) is 14.9 Å². The van der Waals surface area contributed by atoms with Gasteiger partial charge in [0.05, 0.1) is 11.9 Å². The molecule has 1 N–H and O–H groups in total. The number of rotatable bonds is 4. The number of hydrogen-bond donors (Lipinski definition) is 1. The molecule has 1 amide bonds. The summed E-state index contributed by atoms with van der Waals surface area (Å²) in [6.07, 6.45) is 6.32. The molecule has 5 rings (SSSR count). The number of nitrogens with one attached hydrogen (secondary N) is 1. The number of likely N-dealkylation sites (tertiary alicyclic amines) is 1. The first-order valence-corrected chi connectivity index (χ1v) is 9.43.